The zero-order chi connectivity index (χ0) is 20.6. The first-order chi connectivity index (χ1) is 14.0. The van der Waals surface area contributed by atoms with Crippen LogP contribution in [0.15, 0.2) is 18.2 Å². The number of ether oxygens (including phenoxy) is 1. The van der Waals surface area contributed by atoms with Gasteiger partial charge in [0.25, 0.3) is 5.91 Å². The van der Waals surface area contributed by atoms with Crippen LogP contribution in [-0.4, -0.2) is 64.9 Å². The third-order valence-corrected chi connectivity index (χ3v) is 6.37. The number of carbonyl (C=O) groups is 1. The van der Waals surface area contributed by atoms with Crippen molar-refractivity contribution < 1.29 is 14.6 Å². The Morgan fingerprint density at radius 1 is 1.45 bits per heavy atom. The minimum Gasteiger partial charge on any atom is -0.396 e. The molecule has 2 saturated heterocycles. The van der Waals surface area contributed by atoms with Crippen LogP contribution in [0.2, 0.25) is 0 Å². The van der Waals surface area contributed by atoms with Crippen LogP contribution in [0.25, 0.3) is 11.0 Å². The van der Waals surface area contributed by atoms with Crippen molar-refractivity contribution in [3.05, 3.63) is 29.6 Å². The van der Waals surface area contributed by atoms with Crippen molar-refractivity contribution in [2.45, 2.75) is 33.2 Å². The molecule has 0 aliphatic carbocycles. The Hall–Kier alpha value is -1.96. The van der Waals surface area contributed by atoms with Crippen LogP contribution >= 0.6 is 0 Å². The van der Waals surface area contributed by atoms with E-state index in [1.165, 1.54) is 0 Å². The van der Waals surface area contributed by atoms with Crippen molar-refractivity contribution in [3.8, 4) is 0 Å². The molecule has 7 heteroatoms. The summed E-state index contributed by atoms with van der Waals surface area (Å²) in [7, 11) is 0. The van der Waals surface area contributed by atoms with E-state index in [1.807, 2.05) is 23.1 Å². The van der Waals surface area contributed by atoms with E-state index in [9.17, 15) is 9.90 Å². The largest absolute Gasteiger partial charge is 0.396 e. The Labute approximate surface area is 171 Å². The summed E-state index contributed by atoms with van der Waals surface area (Å²) in [6.07, 6.45) is 1.77. The van der Waals surface area contributed by atoms with Crippen molar-refractivity contribution in [1.82, 2.24) is 14.5 Å². The van der Waals surface area contributed by atoms with Gasteiger partial charge in [-0.15, -0.1) is 0 Å². The molecule has 1 amide bonds. The number of aliphatic hydroxyl groups is 1. The van der Waals surface area contributed by atoms with Crippen LogP contribution in [0.4, 0.5) is 0 Å². The highest BCUT2D eigenvalue weighted by molar-refractivity contribution is 5.97. The highest BCUT2D eigenvalue weighted by Crippen LogP contribution is 2.41. The molecule has 0 radical (unpaired) electrons. The van der Waals surface area contributed by atoms with Crippen LogP contribution in [0.3, 0.4) is 0 Å². The first kappa shape index (κ1) is 20.3. The summed E-state index contributed by atoms with van der Waals surface area (Å²) in [5.74, 6) is 1.80. The molecule has 2 fully saturated rings. The average molecular weight is 401 g/mol. The Morgan fingerprint density at radius 3 is 2.97 bits per heavy atom. The molecule has 3 heterocycles. The van der Waals surface area contributed by atoms with Gasteiger partial charge in [-0.1, -0.05) is 13.8 Å². The van der Waals surface area contributed by atoms with Gasteiger partial charge >= 0.3 is 0 Å². The molecule has 0 bridgehead atoms. The van der Waals surface area contributed by atoms with Crippen molar-refractivity contribution in [1.29, 1.82) is 0 Å². The Morgan fingerprint density at radius 2 is 2.28 bits per heavy atom. The summed E-state index contributed by atoms with van der Waals surface area (Å²) in [5, 5.41) is 9.89. The van der Waals surface area contributed by atoms with E-state index in [1.54, 1.807) is 0 Å². The second-order valence-electron chi connectivity index (χ2n) is 9.04. The number of aryl methyl sites for hydroxylation is 1. The maximum atomic E-state index is 13.2. The van der Waals surface area contributed by atoms with Gasteiger partial charge in [0.1, 0.15) is 5.82 Å². The Balaban J connectivity index is 1.63. The maximum absolute atomic E-state index is 13.2. The molecule has 2 aliphatic heterocycles. The third-order valence-electron chi connectivity index (χ3n) is 6.37. The summed E-state index contributed by atoms with van der Waals surface area (Å²) in [6.45, 7) is 8.21. The molecule has 3 N–H and O–H groups in total. The smallest absolute Gasteiger partial charge is 0.253 e. The van der Waals surface area contributed by atoms with Crippen molar-refractivity contribution in [2.75, 3.05) is 39.5 Å². The number of fused-ring (bicyclic) bond motifs is 2. The molecule has 158 valence electrons. The van der Waals surface area contributed by atoms with Gasteiger partial charge in [-0.05, 0) is 37.1 Å². The van der Waals surface area contributed by atoms with Gasteiger partial charge in [0.15, 0.2) is 0 Å². The fraction of sp³-hybridized carbons (Fsp3) is 0.636. The molecule has 0 spiro atoms. The molecule has 0 saturated carbocycles. The fourth-order valence-electron chi connectivity index (χ4n) is 4.72. The van der Waals surface area contributed by atoms with Crippen LogP contribution in [0.1, 0.15) is 36.5 Å². The maximum Gasteiger partial charge on any atom is 0.253 e. The molecular formula is C22H32N4O3. The Kier molecular flexibility index (Phi) is 5.64. The van der Waals surface area contributed by atoms with Crippen molar-refractivity contribution in [2.24, 2.45) is 23.0 Å². The summed E-state index contributed by atoms with van der Waals surface area (Å²) in [6, 6.07) is 5.80. The summed E-state index contributed by atoms with van der Waals surface area (Å²) in [5.41, 5.74) is 8.05. The SMILES string of the molecule is CC(C)Cc1nc2ccc(C(=O)N3C[C@H]4COC[C@@]4(CO)C3)cc2n1CCCN. The fourth-order valence-corrected chi connectivity index (χ4v) is 4.72. The standard InChI is InChI=1S/C22H32N4O3/c1-15(2)8-20-24-18-5-4-16(9-19(18)26(20)7-3-6-23)21(28)25-10-17-11-29-14-22(17,12-25)13-27/h4-5,9,15,17,27H,3,6-8,10-14,23H2,1-2H3/t17-,22-/m0/s1. The molecule has 2 aliphatic rings. The van der Waals surface area contributed by atoms with Gasteiger partial charge in [-0.25, -0.2) is 4.98 Å². The first-order valence-electron chi connectivity index (χ1n) is 10.6. The molecule has 2 atom stereocenters. The number of carbonyl (C=O) groups excluding carboxylic acids is 1. The van der Waals surface area contributed by atoms with E-state index < -0.39 is 0 Å². The van der Waals surface area contributed by atoms with E-state index in [0.29, 0.717) is 44.3 Å². The number of hydrogen-bond acceptors (Lipinski definition) is 5. The van der Waals surface area contributed by atoms with E-state index in [0.717, 1.165) is 36.2 Å². The quantitative estimate of drug-likeness (QED) is 0.737. The predicted molar refractivity (Wildman–Crippen MR) is 112 cm³/mol. The van der Waals surface area contributed by atoms with E-state index in [2.05, 4.69) is 18.4 Å². The average Bonchev–Trinajstić information content (AvgIpc) is 3.35. The molecule has 1 aromatic carbocycles. The number of nitrogens with zero attached hydrogens (tertiary/aromatic N) is 3. The number of hydrogen-bond donors (Lipinski definition) is 2. The van der Waals surface area contributed by atoms with Gasteiger partial charge in [0.2, 0.25) is 0 Å². The van der Waals surface area contributed by atoms with Gasteiger partial charge in [0, 0.05) is 43.0 Å². The first-order valence-corrected chi connectivity index (χ1v) is 10.6. The van der Waals surface area contributed by atoms with Crippen LogP contribution in [0.5, 0.6) is 0 Å². The topological polar surface area (TPSA) is 93.6 Å². The van der Waals surface area contributed by atoms with E-state index in [4.69, 9.17) is 15.5 Å². The molecule has 1 aromatic heterocycles. The predicted octanol–water partition coefficient (Wildman–Crippen LogP) is 1.66. The normalized spacial score (nSPS) is 24.0. The second kappa shape index (κ2) is 8.05. The number of imidazole rings is 1. The van der Waals surface area contributed by atoms with Crippen LogP contribution in [-0.2, 0) is 17.7 Å². The lowest BCUT2D eigenvalue weighted by Crippen LogP contribution is -2.36. The van der Waals surface area contributed by atoms with Crippen LogP contribution in [0, 0.1) is 17.3 Å². The lowest BCUT2D eigenvalue weighted by atomic mass is 9.82. The minimum atomic E-state index is -0.299. The third kappa shape index (κ3) is 3.67. The van der Waals surface area contributed by atoms with E-state index >= 15 is 0 Å². The number of rotatable bonds is 7. The zero-order valence-corrected chi connectivity index (χ0v) is 17.4. The summed E-state index contributed by atoms with van der Waals surface area (Å²) in [4.78, 5) is 19.9. The summed E-state index contributed by atoms with van der Waals surface area (Å²) >= 11 is 0. The highest BCUT2D eigenvalue weighted by atomic mass is 16.5. The van der Waals surface area contributed by atoms with Gasteiger partial charge in [0.05, 0.1) is 30.9 Å². The monoisotopic (exact) mass is 400 g/mol. The lowest BCUT2D eigenvalue weighted by Gasteiger charge is -2.24. The van der Waals surface area contributed by atoms with Crippen LogP contribution < -0.4 is 5.73 Å². The van der Waals surface area contributed by atoms with E-state index in [-0.39, 0.29) is 23.8 Å². The molecule has 7 nitrogen and oxygen atoms in total. The van der Waals surface area contributed by atoms with Crippen molar-refractivity contribution in [3.63, 3.8) is 0 Å². The molecule has 0 unspecified atom stereocenters. The highest BCUT2D eigenvalue weighted by Gasteiger charge is 2.51. The van der Waals surface area contributed by atoms with Crippen molar-refractivity contribution >= 4 is 16.9 Å². The lowest BCUT2D eigenvalue weighted by molar-refractivity contribution is 0.0631. The molecular weight excluding hydrogens is 368 g/mol. The van der Waals surface area contributed by atoms with Gasteiger partial charge in [-0.3, -0.25) is 4.79 Å². The Bertz CT molecular complexity index is 894. The number of aliphatic hydroxyl groups excluding tert-OH is 1. The number of benzene rings is 1. The second-order valence-corrected chi connectivity index (χ2v) is 9.04. The minimum absolute atomic E-state index is 0.0195. The number of likely N-dealkylation sites (tertiary alicyclic amines) is 1. The number of aromatic nitrogens is 2. The number of nitrogens with two attached hydrogens (primary N) is 1. The number of amides is 1. The zero-order valence-electron chi connectivity index (χ0n) is 17.4. The van der Waals surface area contributed by atoms with Gasteiger partial charge in [-0.2, -0.15) is 0 Å². The molecule has 29 heavy (non-hydrogen) atoms. The molecule has 2 aromatic rings. The molecule has 4 rings (SSSR count). The summed E-state index contributed by atoms with van der Waals surface area (Å²) < 4.78 is 7.79. The van der Waals surface area contributed by atoms with Gasteiger partial charge < -0.3 is 25.0 Å².